The number of nitrogens with zero attached hydrogens (tertiary/aromatic N) is 1. The van der Waals surface area contributed by atoms with Crippen LogP contribution >= 0.6 is 0 Å². The fourth-order valence-corrected chi connectivity index (χ4v) is 6.59. The van der Waals surface area contributed by atoms with Crippen LogP contribution in [0.5, 0.6) is 5.75 Å². The van der Waals surface area contributed by atoms with Crippen LogP contribution in [0.1, 0.15) is 58.8 Å². The smallest absolute Gasteiger partial charge is 0.315 e. The number of benzene rings is 5. The van der Waals surface area contributed by atoms with Crippen molar-refractivity contribution in [3.05, 3.63) is 161 Å². The number of amides is 2. The number of carbonyl (C=O) groups excluding carboxylic acids is 1. The zero-order chi connectivity index (χ0) is 36.5. The first kappa shape index (κ1) is 36.8. The van der Waals surface area contributed by atoms with Gasteiger partial charge in [-0.2, -0.15) is 0 Å². The van der Waals surface area contributed by atoms with Gasteiger partial charge >= 0.3 is 6.03 Å². The van der Waals surface area contributed by atoms with Crippen LogP contribution in [0, 0.1) is 5.92 Å². The van der Waals surface area contributed by atoms with Crippen molar-refractivity contribution in [1.29, 1.82) is 0 Å². The lowest BCUT2D eigenvalue weighted by molar-refractivity contribution is -0.276. The average molecular weight is 702 g/mol. The molecule has 0 aromatic heterocycles. The van der Waals surface area contributed by atoms with Gasteiger partial charge in [-0.05, 0) is 70.3 Å². The summed E-state index contributed by atoms with van der Waals surface area (Å²) in [5, 5.41) is 36.3. The highest BCUT2D eigenvalue weighted by Crippen LogP contribution is 2.42. The van der Waals surface area contributed by atoms with Gasteiger partial charge in [-0.25, -0.2) is 4.79 Å². The van der Waals surface area contributed by atoms with E-state index in [2.05, 4.69) is 29.7 Å². The van der Waals surface area contributed by atoms with Crippen molar-refractivity contribution in [2.45, 2.75) is 51.2 Å². The van der Waals surface area contributed by atoms with E-state index in [1.165, 1.54) is 0 Å². The maximum Gasteiger partial charge on any atom is 0.315 e. The molecule has 0 aliphatic carbocycles. The molecule has 5 N–H and O–H groups in total. The number of rotatable bonds is 13. The van der Waals surface area contributed by atoms with Gasteiger partial charge in [-0.1, -0.05) is 110 Å². The summed E-state index contributed by atoms with van der Waals surface area (Å²) in [6.07, 6.45) is -1.97. The molecule has 1 aliphatic rings. The van der Waals surface area contributed by atoms with Crippen LogP contribution in [0.4, 0.5) is 4.79 Å². The minimum Gasteiger partial charge on any atom is -0.508 e. The number of nitrogens with one attached hydrogen (secondary N) is 2. The summed E-state index contributed by atoms with van der Waals surface area (Å²) in [6.45, 7) is 3.81. The SMILES string of the molecule is C[C@@H]1[C@H](CN(C)C[C@@H](O)c2cccc(O)c2)O[C@H](c2cccc(-c3cccc(CNC(=O)NCc4ccccc4)c3)c2)O[C@@H]1c1ccc(CO)cc1. The number of hydrogen-bond acceptors (Lipinski definition) is 7. The molecule has 5 aromatic rings. The van der Waals surface area contributed by atoms with Gasteiger partial charge in [0.2, 0.25) is 0 Å². The van der Waals surface area contributed by atoms with Gasteiger partial charge in [0.05, 0.1) is 24.9 Å². The molecule has 0 unspecified atom stereocenters. The number of carbonyl (C=O) groups is 1. The molecule has 0 radical (unpaired) electrons. The van der Waals surface area contributed by atoms with Crippen LogP contribution in [-0.4, -0.2) is 52.5 Å². The molecular weight excluding hydrogens is 654 g/mol. The van der Waals surface area contributed by atoms with Crippen molar-refractivity contribution >= 4 is 6.03 Å². The third-order valence-electron chi connectivity index (χ3n) is 9.52. The van der Waals surface area contributed by atoms with Gasteiger partial charge in [-0.15, -0.1) is 0 Å². The Kier molecular flexibility index (Phi) is 12.3. The van der Waals surface area contributed by atoms with Crippen molar-refractivity contribution in [3.63, 3.8) is 0 Å². The van der Waals surface area contributed by atoms with Gasteiger partial charge in [0.1, 0.15) is 5.75 Å². The standard InChI is InChI=1S/C43H47N3O6/c1-29-40(27-46(2)26-39(49)36-14-8-16-38(48)23-36)51-42(52-41(29)33-19-17-31(28-47)18-20-33)37-15-7-13-35(22-37)34-12-6-11-32(21-34)25-45-43(50)44-24-30-9-4-3-5-10-30/h3-23,29,39-42,47-49H,24-28H2,1-2H3,(H2,44,45,50)/t29-,39-,40+,41+,42+/m1/s1. The predicted octanol–water partition coefficient (Wildman–Crippen LogP) is 7.01. The molecule has 0 spiro atoms. The summed E-state index contributed by atoms with van der Waals surface area (Å²) in [7, 11) is 1.95. The molecule has 2 amide bonds. The maximum absolute atomic E-state index is 12.5. The summed E-state index contributed by atoms with van der Waals surface area (Å²) in [6, 6.07) is 40.3. The summed E-state index contributed by atoms with van der Waals surface area (Å²) in [5.74, 6) is 0.0832. The first-order valence-corrected chi connectivity index (χ1v) is 17.7. The van der Waals surface area contributed by atoms with Crippen molar-refractivity contribution in [3.8, 4) is 16.9 Å². The number of hydrogen-bond donors (Lipinski definition) is 5. The van der Waals surface area contributed by atoms with Gasteiger partial charge in [-0.3, -0.25) is 0 Å². The molecule has 9 nitrogen and oxygen atoms in total. The second kappa shape index (κ2) is 17.5. The quantitative estimate of drug-likeness (QED) is 0.0896. The lowest BCUT2D eigenvalue weighted by Crippen LogP contribution is -2.44. The highest BCUT2D eigenvalue weighted by molar-refractivity contribution is 5.74. The summed E-state index contributed by atoms with van der Waals surface area (Å²) < 4.78 is 13.4. The Morgan fingerprint density at radius 3 is 2.15 bits per heavy atom. The number of urea groups is 1. The highest BCUT2D eigenvalue weighted by Gasteiger charge is 2.39. The van der Waals surface area contributed by atoms with Gasteiger partial charge in [0.15, 0.2) is 6.29 Å². The Morgan fingerprint density at radius 2 is 1.42 bits per heavy atom. The normalized spacial score (nSPS) is 19.2. The fraction of sp³-hybridized carbons (Fsp3) is 0.279. The van der Waals surface area contributed by atoms with Crippen LogP contribution < -0.4 is 10.6 Å². The van der Waals surface area contributed by atoms with Crippen LogP contribution in [0.3, 0.4) is 0 Å². The average Bonchev–Trinajstić information content (AvgIpc) is 3.17. The topological polar surface area (TPSA) is 124 Å². The Bertz CT molecular complexity index is 1900. The first-order valence-electron chi connectivity index (χ1n) is 17.7. The number of likely N-dealkylation sites (N-methyl/N-ethyl adjacent to an activating group) is 1. The van der Waals surface area contributed by atoms with Crippen LogP contribution in [0.15, 0.2) is 127 Å². The van der Waals surface area contributed by atoms with Crippen molar-refractivity contribution in [2.75, 3.05) is 20.1 Å². The van der Waals surface area contributed by atoms with Crippen molar-refractivity contribution < 1.29 is 29.6 Å². The number of phenolic OH excluding ortho intramolecular Hbond substituents is 1. The maximum atomic E-state index is 12.5. The Balaban J connectivity index is 1.17. The van der Waals surface area contributed by atoms with E-state index in [-0.39, 0.29) is 36.5 Å². The largest absolute Gasteiger partial charge is 0.508 e. The molecule has 6 rings (SSSR count). The molecule has 0 bridgehead atoms. The van der Waals surface area contributed by atoms with Crippen molar-refractivity contribution in [1.82, 2.24) is 15.5 Å². The van der Waals surface area contributed by atoms with Gasteiger partial charge in [0.25, 0.3) is 0 Å². The summed E-state index contributed by atoms with van der Waals surface area (Å²) in [4.78, 5) is 14.5. The van der Waals surface area contributed by atoms with E-state index in [1.54, 1.807) is 24.3 Å². The lowest BCUT2D eigenvalue weighted by atomic mass is 9.89. The predicted molar refractivity (Wildman–Crippen MR) is 201 cm³/mol. The molecule has 52 heavy (non-hydrogen) atoms. The Morgan fingerprint density at radius 1 is 0.750 bits per heavy atom. The number of aliphatic hydroxyl groups is 2. The Hall–Kier alpha value is -5.03. The van der Waals surface area contributed by atoms with Crippen LogP contribution in [0.2, 0.25) is 0 Å². The Labute approximate surface area is 305 Å². The lowest BCUT2D eigenvalue weighted by Gasteiger charge is -2.42. The minimum atomic E-state index is -0.781. The number of ether oxygens (including phenoxy) is 2. The molecule has 1 heterocycles. The van der Waals surface area contributed by atoms with Gasteiger partial charge in [0, 0.05) is 37.7 Å². The van der Waals surface area contributed by atoms with Crippen LogP contribution in [0.25, 0.3) is 11.1 Å². The van der Waals surface area contributed by atoms with E-state index < -0.39 is 12.4 Å². The minimum absolute atomic E-state index is 0.0335. The molecule has 1 saturated heterocycles. The van der Waals surface area contributed by atoms with E-state index in [0.717, 1.165) is 38.9 Å². The summed E-state index contributed by atoms with van der Waals surface area (Å²) >= 11 is 0. The number of aliphatic hydroxyl groups excluding tert-OH is 2. The monoisotopic (exact) mass is 701 g/mol. The molecule has 5 aromatic carbocycles. The molecular formula is C43H47N3O6. The van der Waals surface area contributed by atoms with Gasteiger partial charge < -0.3 is 40.3 Å². The fourth-order valence-electron chi connectivity index (χ4n) is 6.59. The second-order valence-electron chi connectivity index (χ2n) is 13.5. The van der Waals surface area contributed by atoms with E-state index in [9.17, 15) is 20.1 Å². The number of phenols is 1. The van der Waals surface area contributed by atoms with E-state index >= 15 is 0 Å². The highest BCUT2D eigenvalue weighted by atomic mass is 16.7. The zero-order valence-corrected chi connectivity index (χ0v) is 29.6. The molecule has 0 saturated carbocycles. The van der Waals surface area contributed by atoms with E-state index in [1.807, 2.05) is 103 Å². The third kappa shape index (κ3) is 9.64. The molecule has 5 atom stereocenters. The zero-order valence-electron chi connectivity index (χ0n) is 29.6. The van der Waals surface area contributed by atoms with E-state index in [0.29, 0.717) is 31.7 Å². The third-order valence-corrected chi connectivity index (χ3v) is 9.52. The first-order chi connectivity index (χ1) is 25.2. The number of aromatic hydroxyl groups is 1. The van der Waals surface area contributed by atoms with Crippen molar-refractivity contribution in [2.24, 2.45) is 5.92 Å². The van der Waals surface area contributed by atoms with Crippen LogP contribution in [-0.2, 0) is 29.2 Å². The van der Waals surface area contributed by atoms with E-state index in [4.69, 9.17) is 9.47 Å². The molecule has 1 aliphatic heterocycles. The molecule has 270 valence electrons. The summed E-state index contributed by atoms with van der Waals surface area (Å²) in [5.41, 5.74) is 7.35. The second-order valence-corrected chi connectivity index (χ2v) is 13.5. The molecule has 1 fully saturated rings. The molecule has 9 heteroatoms.